The summed E-state index contributed by atoms with van der Waals surface area (Å²) in [6, 6.07) is 6.53. The van der Waals surface area contributed by atoms with Crippen molar-refractivity contribution in [2.45, 2.75) is 42.4 Å². The molecule has 2 N–H and O–H groups in total. The molecule has 0 bridgehead atoms. The molecule has 2 aromatic rings. The maximum atomic E-state index is 11.8. The number of benzene rings is 1. The Bertz CT molecular complexity index is 693. The van der Waals surface area contributed by atoms with Crippen molar-refractivity contribution < 1.29 is 0 Å². The van der Waals surface area contributed by atoms with E-state index in [9.17, 15) is 4.79 Å². The van der Waals surface area contributed by atoms with Crippen LogP contribution in [0.3, 0.4) is 0 Å². The molecule has 0 unspecified atom stereocenters. The van der Waals surface area contributed by atoms with Gasteiger partial charge >= 0.3 is 5.69 Å². The lowest BCUT2D eigenvalue weighted by Gasteiger charge is -2.10. The lowest BCUT2D eigenvalue weighted by atomic mass is 10.2. The fraction of sp³-hybridized carbons (Fsp3) is 0.429. The van der Waals surface area contributed by atoms with Gasteiger partial charge in [0.1, 0.15) is 0 Å². The Balaban J connectivity index is 1.90. The van der Waals surface area contributed by atoms with Crippen molar-refractivity contribution in [2.75, 3.05) is 6.54 Å². The van der Waals surface area contributed by atoms with Crippen LogP contribution >= 0.6 is 27.7 Å². The van der Waals surface area contributed by atoms with Gasteiger partial charge in [0.25, 0.3) is 0 Å². The molecule has 7 heteroatoms. The van der Waals surface area contributed by atoms with Crippen LogP contribution in [0.5, 0.6) is 0 Å². The zero-order valence-corrected chi connectivity index (χ0v) is 14.1. The Morgan fingerprint density at radius 1 is 1.52 bits per heavy atom. The molecule has 1 saturated carbocycles. The molecule has 1 aromatic heterocycles. The molecule has 0 saturated heterocycles. The Kier molecular flexibility index (Phi) is 4.51. The first-order chi connectivity index (χ1) is 10.2. The molecule has 112 valence electrons. The molecule has 5 nitrogen and oxygen atoms in total. The summed E-state index contributed by atoms with van der Waals surface area (Å²) < 4.78 is 2.81. The summed E-state index contributed by atoms with van der Waals surface area (Å²) in [5, 5.41) is 10.8. The molecule has 21 heavy (non-hydrogen) atoms. The molecule has 1 aromatic carbocycles. The molecule has 0 aliphatic heterocycles. The van der Waals surface area contributed by atoms with Crippen LogP contribution in [0.15, 0.2) is 37.5 Å². The summed E-state index contributed by atoms with van der Waals surface area (Å²) in [7, 11) is 0. The number of halogens is 1. The second-order valence-electron chi connectivity index (χ2n) is 5.05. The van der Waals surface area contributed by atoms with Crippen LogP contribution in [0.25, 0.3) is 0 Å². The second-order valence-corrected chi connectivity index (χ2v) is 6.97. The molecule has 0 spiro atoms. The van der Waals surface area contributed by atoms with Gasteiger partial charge in [-0.2, -0.15) is 0 Å². The van der Waals surface area contributed by atoms with Crippen molar-refractivity contribution in [3.63, 3.8) is 0 Å². The van der Waals surface area contributed by atoms with Crippen LogP contribution in [-0.4, -0.2) is 21.3 Å². The summed E-state index contributed by atoms with van der Waals surface area (Å²) in [4.78, 5) is 13.0. The number of hydrogen-bond acceptors (Lipinski definition) is 4. The largest absolute Gasteiger partial charge is 0.344 e. The number of H-pyrrole nitrogens is 1. The average Bonchev–Trinajstić information content (AvgIpc) is 3.23. The lowest BCUT2D eigenvalue weighted by Crippen LogP contribution is -2.16. The van der Waals surface area contributed by atoms with Crippen LogP contribution < -0.4 is 11.0 Å². The molecule has 1 aliphatic rings. The minimum Gasteiger partial charge on any atom is -0.313 e. The second kappa shape index (κ2) is 6.37. The van der Waals surface area contributed by atoms with Crippen molar-refractivity contribution in [1.82, 2.24) is 20.1 Å². The Labute approximate surface area is 135 Å². The highest BCUT2D eigenvalue weighted by atomic mass is 79.9. The van der Waals surface area contributed by atoms with Gasteiger partial charge in [0.15, 0.2) is 5.16 Å². The van der Waals surface area contributed by atoms with Gasteiger partial charge < -0.3 is 5.32 Å². The molecule has 0 radical (unpaired) electrons. The van der Waals surface area contributed by atoms with Crippen LogP contribution in [0, 0.1) is 0 Å². The number of hydrogen-bond donors (Lipinski definition) is 2. The van der Waals surface area contributed by atoms with E-state index in [4.69, 9.17) is 0 Å². The Morgan fingerprint density at radius 3 is 3.05 bits per heavy atom. The van der Waals surface area contributed by atoms with Crippen molar-refractivity contribution >= 4 is 27.7 Å². The molecule has 1 heterocycles. The molecule has 3 rings (SSSR count). The quantitative estimate of drug-likeness (QED) is 0.822. The molecule has 1 aliphatic carbocycles. The number of nitrogens with zero attached hydrogens (tertiary/aromatic N) is 2. The number of nitrogens with one attached hydrogen (secondary N) is 2. The molecular weight excluding hydrogens is 352 g/mol. The Morgan fingerprint density at radius 2 is 2.33 bits per heavy atom. The van der Waals surface area contributed by atoms with E-state index >= 15 is 0 Å². The number of rotatable bonds is 6. The minimum atomic E-state index is -0.108. The van der Waals surface area contributed by atoms with E-state index in [1.54, 1.807) is 16.3 Å². The van der Waals surface area contributed by atoms with Crippen LogP contribution in [0.2, 0.25) is 0 Å². The Hall–Kier alpha value is -1.05. The topological polar surface area (TPSA) is 62.7 Å². The van der Waals surface area contributed by atoms with Gasteiger partial charge in [-0.15, -0.1) is 5.10 Å². The van der Waals surface area contributed by atoms with Gasteiger partial charge in [-0.1, -0.05) is 28.9 Å². The SMILES string of the molecule is CCNCc1ccc(Br)cc1Sc1n[nH]c(=O)n1C1CC1. The first-order valence-corrected chi connectivity index (χ1v) is 8.64. The molecular formula is C14H17BrN4OS. The summed E-state index contributed by atoms with van der Waals surface area (Å²) in [5.74, 6) is 0. The summed E-state index contributed by atoms with van der Waals surface area (Å²) in [5.41, 5.74) is 1.10. The monoisotopic (exact) mass is 368 g/mol. The van der Waals surface area contributed by atoms with Gasteiger partial charge in [0, 0.05) is 22.0 Å². The zero-order valence-electron chi connectivity index (χ0n) is 11.7. The van der Waals surface area contributed by atoms with E-state index in [0.717, 1.165) is 40.5 Å². The van der Waals surface area contributed by atoms with Crippen molar-refractivity contribution in [2.24, 2.45) is 0 Å². The van der Waals surface area contributed by atoms with E-state index in [-0.39, 0.29) is 5.69 Å². The third kappa shape index (κ3) is 3.41. The smallest absolute Gasteiger partial charge is 0.313 e. The van der Waals surface area contributed by atoms with Gasteiger partial charge in [-0.25, -0.2) is 9.89 Å². The minimum absolute atomic E-state index is 0.108. The number of aromatic nitrogens is 3. The van der Waals surface area contributed by atoms with Crippen molar-refractivity contribution in [3.05, 3.63) is 38.7 Å². The van der Waals surface area contributed by atoms with Gasteiger partial charge in [-0.05, 0) is 48.8 Å². The van der Waals surface area contributed by atoms with E-state index in [1.165, 1.54) is 5.56 Å². The third-order valence-corrected chi connectivity index (χ3v) is 4.94. The van der Waals surface area contributed by atoms with Crippen LogP contribution in [0.4, 0.5) is 0 Å². The maximum Gasteiger partial charge on any atom is 0.344 e. The first kappa shape index (κ1) is 14.9. The van der Waals surface area contributed by atoms with Crippen LogP contribution in [-0.2, 0) is 6.54 Å². The van der Waals surface area contributed by atoms with E-state index in [0.29, 0.717) is 6.04 Å². The highest BCUT2D eigenvalue weighted by Gasteiger charge is 2.29. The average molecular weight is 369 g/mol. The van der Waals surface area contributed by atoms with Crippen molar-refractivity contribution in [3.8, 4) is 0 Å². The van der Waals surface area contributed by atoms with E-state index < -0.39 is 0 Å². The third-order valence-electron chi connectivity index (χ3n) is 3.38. The summed E-state index contributed by atoms with van der Waals surface area (Å²) in [6.07, 6.45) is 2.13. The maximum absolute atomic E-state index is 11.8. The highest BCUT2D eigenvalue weighted by Crippen LogP contribution is 2.38. The van der Waals surface area contributed by atoms with E-state index in [2.05, 4.69) is 50.5 Å². The van der Waals surface area contributed by atoms with E-state index in [1.807, 2.05) is 6.07 Å². The molecule has 1 fully saturated rings. The lowest BCUT2D eigenvalue weighted by molar-refractivity contribution is 0.642. The summed E-state index contributed by atoms with van der Waals surface area (Å²) in [6.45, 7) is 3.82. The number of aromatic amines is 1. The van der Waals surface area contributed by atoms with Gasteiger partial charge in [-0.3, -0.25) is 4.57 Å². The predicted octanol–water partition coefficient (Wildman–Crippen LogP) is 2.93. The van der Waals surface area contributed by atoms with Gasteiger partial charge in [0.2, 0.25) is 0 Å². The normalized spacial score (nSPS) is 14.6. The molecule has 0 amide bonds. The molecule has 0 atom stereocenters. The fourth-order valence-corrected chi connectivity index (χ4v) is 3.73. The van der Waals surface area contributed by atoms with Gasteiger partial charge in [0.05, 0.1) is 0 Å². The standard InChI is InChI=1S/C14H17BrN4OS/c1-2-16-8-9-3-4-10(15)7-12(9)21-14-18-17-13(20)19(14)11-5-6-11/h3-4,7,11,16H,2,5-6,8H2,1H3,(H,17,20). The zero-order chi connectivity index (χ0) is 14.8. The summed E-state index contributed by atoms with van der Waals surface area (Å²) >= 11 is 5.06. The first-order valence-electron chi connectivity index (χ1n) is 7.03. The predicted molar refractivity (Wildman–Crippen MR) is 86.8 cm³/mol. The fourth-order valence-electron chi connectivity index (χ4n) is 2.14. The highest BCUT2D eigenvalue weighted by molar-refractivity contribution is 9.10. The van der Waals surface area contributed by atoms with Crippen LogP contribution in [0.1, 0.15) is 31.4 Å². The van der Waals surface area contributed by atoms with Crippen molar-refractivity contribution in [1.29, 1.82) is 0 Å².